The number of nitrogens with two attached hydrogens (primary N) is 1. The molecule has 6 heteroatoms. The Balaban J connectivity index is 2.95. The Morgan fingerprint density at radius 1 is 1.39 bits per heavy atom. The number of urea groups is 1. The highest BCUT2D eigenvalue weighted by molar-refractivity contribution is 6.04. The van der Waals surface area contributed by atoms with Crippen LogP contribution in [0.5, 0.6) is 0 Å². The van der Waals surface area contributed by atoms with E-state index in [4.69, 9.17) is 11.1 Å². The van der Waals surface area contributed by atoms with Crippen molar-refractivity contribution in [3.63, 3.8) is 0 Å². The number of nitrogens with one attached hydrogen (secondary N) is 3. The van der Waals surface area contributed by atoms with Crippen molar-refractivity contribution in [2.75, 3.05) is 5.32 Å². The number of halogens is 1. The molecule has 0 atom stereocenters. The van der Waals surface area contributed by atoms with Crippen LogP contribution in [0.15, 0.2) is 18.2 Å². The Morgan fingerprint density at radius 3 is 2.50 bits per heavy atom. The monoisotopic (exact) mass is 252 g/mol. The number of amidine groups is 1. The molecule has 0 aliphatic heterocycles. The molecule has 5 nitrogen and oxygen atoms in total. The summed E-state index contributed by atoms with van der Waals surface area (Å²) in [5.41, 5.74) is 4.94. The van der Waals surface area contributed by atoms with E-state index >= 15 is 0 Å². The van der Waals surface area contributed by atoms with E-state index in [1.807, 2.05) is 20.8 Å². The van der Waals surface area contributed by atoms with Gasteiger partial charge in [0.2, 0.25) is 0 Å². The lowest BCUT2D eigenvalue weighted by atomic mass is 10.1. The Labute approximate surface area is 105 Å². The van der Waals surface area contributed by atoms with Crippen LogP contribution < -0.4 is 16.4 Å². The predicted molar refractivity (Wildman–Crippen MR) is 69.3 cm³/mol. The quantitative estimate of drug-likeness (QED) is 0.479. The molecule has 0 heterocycles. The molecule has 5 N–H and O–H groups in total. The highest BCUT2D eigenvalue weighted by atomic mass is 19.1. The molecule has 0 aliphatic rings. The second-order valence-electron chi connectivity index (χ2n) is 4.91. The first-order chi connectivity index (χ1) is 8.20. The Morgan fingerprint density at radius 2 is 2.00 bits per heavy atom. The smallest absolute Gasteiger partial charge is 0.319 e. The van der Waals surface area contributed by atoms with Crippen molar-refractivity contribution in [1.29, 1.82) is 5.41 Å². The number of nitrogen functional groups attached to an aromatic ring is 1. The fourth-order valence-electron chi connectivity index (χ4n) is 1.40. The summed E-state index contributed by atoms with van der Waals surface area (Å²) >= 11 is 0. The number of hydrogen-bond acceptors (Lipinski definition) is 2. The highest BCUT2D eigenvalue weighted by Crippen LogP contribution is 2.18. The molecule has 0 fully saturated rings. The lowest BCUT2D eigenvalue weighted by molar-refractivity contribution is 0.244. The number of carbonyl (C=O) groups is 1. The van der Waals surface area contributed by atoms with Crippen LogP contribution in [0.3, 0.4) is 0 Å². The minimum atomic E-state index is -0.643. The second-order valence-corrected chi connectivity index (χ2v) is 4.91. The summed E-state index contributed by atoms with van der Waals surface area (Å²) < 4.78 is 13.5. The largest absolute Gasteiger partial charge is 0.384 e. The van der Waals surface area contributed by atoms with Gasteiger partial charge in [-0.2, -0.15) is 0 Å². The molecule has 1 rings (SSSR count). The molecule has 0 saturated heterocycles. The number of carbonyl (C=O) groups excluding carboxylic acids is 1. The van der Waals surface area contributed by atoms with Gasteiger partial charge in [-0.25, -0.2) is 9.18 Å². The lowest BCUT2D eigenvalue weighted by Crippen LogP contribution is -2.43. The Bertz CT molecular complexity index is 479. The van der Waals surface area contributed by atoms with Gasteiger partial charge in [-0.1, -0.05) is 6.07 Å². The summed E-state index contributed by atoms with van der Waals surface area (Å²) in [6.07, 6.45) is 0. The van der Waals surface area contributed by atoms with Gasteiger partial charge in [0.15, 0.2) is 0 Å². The van der Waals surface area contributed by atoms with E-state index in [0.717, 1.165) is 0 Å². The number of rotatable bonds is 2. The maximum Gasteiger partial charge on any atom is 0.319 e. The molecule has 0 aromatic heterocycles. The van der Waals surface area contributed by atoms with E-state index in [2.05, 4.69) is 10.6 Å². The van der Waals surface area contributed by atoms with E-state index in [1.54, 1.807) is 0 Å². The van der Waals surface area contributed by atoms with E-state index < -0.39 is 23.2 Å². The summed E-state index contributed by atoms with van der Waals surface area (Å²) in [6.45, 7) is 5.47. The minimum Gasteiger partial charge on any atom is -0.384 e. The molecule has 98 valence electrons. The van der Waals surface area contributed by atoms with Gasteiger partial charge >= 0.3 is 6.03 Å². The van der Waals surface area contributed by atoms with Crippen molar-refractivity contribution in [2.45, 2.75) is 26.3 Å². The van der Waals surface area contributed by atoms with Crippen LogP contribution in [-0.2, 0) is 0 Å². The highest BCUT2D eigenvalue weighted by Gasteiger charge is 2.17. The van der Waals surface area contributed by atoms with Gasteiger partial charge in [-0.3, -0.25) is 5.41 Å². The fourth-order valence-corrected chi connectivity index (χ4v) is 1.40. The molecule has 0 unspecified atom stereocenters. The minimum absolute atomic E-state index is 0.110. The molecule has 18 heavy (non-hydrogen) atoms. The van der Waals surface area contributed by atoms with Crippen LogP contribution in [0.1, 0.15) is 26.3 Å². The number of amides is 2. The van der Waals surface area contributed by atoms with Gasteiger partial charge < -0.3 is 16.4 Å². The summed E-state index contributed by atoms with van der Waals surface area (Å²) in [6, 6.07) is 3.63. The molecular formula is C12H17FN4O. The van der Waals surface area contributed by atoms with Crippen LogP contribution in [0.25, 0.3) is 0 Å². The number of benzene rings is 1. The summed E-state index contributed by atoms with van der Waals surface area (Å²) in [7, 11) is 0. The molecule has 1 aromatic carbocycles. The van der Waals surface area contributed by atoms with E-state index in [1.165, 1.54) is 18.2 Å². The zero-order valence-corrected chi connectivity index (χ0v) is 10.6. The van der Waals surface area contributed by atoms with E-state index in [-0.39, 0.29) is 11.3 Å². The van der Waals surface area contributed by atoms with E-state index in [9.17, 15) is 9.18 Å². The molecule has 0 radical (unpaired) electrons. The van der Waals surface area contributed by atoms with Crippen LogP contribution in [0.2, 0.25) is 0 Å². The molecule has 0 saturated carbocycles. The lowest BCUT2D eigenvalue weighted by Gasteiger charge is -2.21. The van der Waals surface area contributed by atoms with Crippen molar-refractivity contribution >= 4 is 17.6 Å². The maximum absolute atomic E-state index is 13.5. The third kappa shape index (κ3) is 3.73. The Hall–Kier alpha value is -2.11. The second kappa shape index (κ2) is 5.03. The van der Waals surface area contributed by atoms with Crippen molar-refractivity contribution < 1.29 is 9.18 Å². The standard InChI is InChI=1S/C12H17FN4O/c1-12(2,3)17-11(18)16-8-6-4-5-7(13)9(8)10(14)15/h4-6H,1-3H3,(H3,14,15)(H2,16,17,18). The van der Waals surface area contributed by atoms with Crippen molar-refractivity contribution in [3.05, 3.63) is 29.6 Å². The van der Waals surface area contributed by atoms with Crippen LogP contribution in [0.4, 0.5) is 14.9 Å². The van der Waals surface area contributed by atoms with Gasteiger partial charge in [0.1, 0.15) is 11.7 Å². The first-order valence-electron chi connectivity index (χ1n) is 5.43. The van der Waals surface area contributed by atoms with Gasteiger partial charge in [0, 0.05) is 5.54 Å². The first kappa shape index (κ1) is 14.0. The SMILES string of the molecule is CC(C)(C)NC(=O)Nc1cccc(F)c1C(=N)N. The first-order valence-corrected chi connectivity index (χ1v) is 5.43. The average Bonchev–Trinajstić information content (AvgIpc) is 2.13. The third-order valence-electron chi connectivity index (χ3n) is 2.02. The number of anilines is 1. The molecule has 1 aromatic rings. The topological polar surface area (TPSA) is 91.0 Å². The van der Waals surface area contributed by atoms with Gasteiger partial charge in [0.25, 0.3) is 0 Å². The Kier molecular flexibility index (Phi) is 3.90. The van der Waals surface area contributed by atoms with E-state index in [0.29, 0.717) is 0 Å². The van der Waals surface area contributed by atoms with Crippen LogP contribution in [0, 0.1) is 11.2 Å². The average molecular weight is 252 g/mol. The molecule has 0 spiro atoms. The summed E-state index contributed by atoms with van der Waals surface area (Å²) in [5.74, 6) is -1.07. The molecule has 0 bridgehead atoms. The van der Waals surface area contributed by atoms with Gasteiger partial charge in [-0.15, -0.1) is 0 Å². The van der Waals surface area contributed by atoms with Crippen molar-refractivity contribution in [3.8, 4) is 0 Å². The predicted octanol–water partition coefficient (Wildman–Crippen LogP) is 2.03. The zero-order chi connectivity index (χ0) is 13.9. The van der Waals surface area contributed by atoms with Gasteiger partial charge in [0.05, 0.1) is 11.3 Å². The van der Waals surface area contributed by atoms with Crippen molar-refractivity contribution in [2.24, 2.45) is 5.73 Å². The molecular weight excluding hydrogens is 235 g/mol. The zero-order valence-electron chi connectivity index (χ0n) is 10.6. The van der Waals surface area contributed by atoms with Crippen molar-refractivity contribution in [1.82, 2.24) is 5.32 Å². The molecule has 0 aliphatic carbocycles. The maximum atomic E-state index is 13.5. The fraction of sp³-hybridized carbons (Fsp3) is 0.333. The number of hydrogen-bond donors (Lipinski definition) is 4. The summed E-state index contributed by atoms with van der Waals surface area (Å²) in [5, 5.41) is 12.5. The molecule has 2 amide bonds. The summed E-state index contributed by atoms with van der Waals surface area (Å²) in [4.78, 5) is 11.7. The van der Waals surface area contributed by atoms with Gasteiger partial charge in [-0.05, 0) is 32.9 Å². The third-order valence-corrected chi connectivity index (χ3v) is 2.02. The normalized spacial score (nSPS) is 10.9. The van der Waals surface area contributed by atoms with Crippen LogP contribution in [-0.4, -0.2) is 17.4 Å². The van der Waals surface area contributed by atoms with Crippen LogP contribution >= 0.6 is 0 Å².